The fraction of sp³-hybridized carbons (Fsp3) is 0.769. The van der Waals surface area contributed by atoms with Crippen LogP contribution in [0, 0.1) is 0 Å². The lowest BCUT2D eigenvalue weighted by Crippen LogP contribution is -2.42. The Kier molecular flexibility index (Phi) is 5.62. The molecule has 104 valence electrons. The summed E-state index contributed by atoms with van der Waals surface area (Å²) in [6.07, 6.45) is 0.656. The summed E-state index contributed by atoms with van der Waals surface area (Å²) in [5.41, 5.74) is 0.974. The van der Waals surface area contributed by atoms with Crippen LogP contribution in [-0.2, 0) is 9.47 Å². The maximum absolute atomic E-state index is 11.9. The first-order chi connectivity index (χ1) is 8.47. The van der Waals surface area contributed by atoms with Crippen LogP contribution in [0.4, 0.5) is 4.79 Å². The summed E-state index contributed by atoms with van der Waals surface area (Å²) in [6, 6.07) is -0.0675. The van der Waals surface area contributed by atoms with Gasteiger partial charge in [0.05, 0.1) is 13.2 Å². The molecule has 0 saturated carbocycles. The SMILES string of the molecule is C=C(C)CN(CC)C(=O)NCCC1(C)OCCO1. The molecule has 1 saturated heterocycles. The van der Waals surface area contributed by atoms with E-state index in [0.29, 0.717) is 39.3 Å². The lowest BCUT2D eigenvalue weighted by molar-refractivity contribution is -0.145. The first kappa shape index (κ1) is 15.0. The molecule has 1 heterocycles. The van der Waals surface area contributed by atoms with Crippen molar-refractivity contribution in [2.24, 2.45) is 0 Å². The molecule has 1 fully saturated rings. The second-order valence-corrected chi connectivity index (χ2v) is 4.78. The fourth-order valence-corrected chi connectivity index (χ4v) is 1.86. The average Bonchev–Trinajstić information content (AvgIpc) is 2.72. The minimum atomic E-state index is -0.543. The van der Waals surface area contributed by atoms with Crippen molar-refractivity contribution in [2.75, 3.05) is 32.8 Å². The minimum Gasteiger partial charge on any atom is -0.348 e. The number of rotatable bonds is 6. The molecule has 5 nitrogen and oxygen atoms in total. The van der Waals surface area contributed by atoms with Gasteiger partial charge in [-0.3, -0.25) is 0 Å². The number of amides is 2. The van der Waals surface area contributed by atoms with Gasteiger partial charge in [0.2, 0.25) is 0 Å². The van der Waals surface area contributed by atoms with Gasteiger partial charge in [-0.05, 0) is 20.8 Å². The van der Waals surface area contributed by atoms with Gasteiger partial charge < -0.3 is 19.7 Å². The Bertz CT molecular complexity index is 299. The van der Waals surface area contributed by atoms with Gasteiger partial charge in [-0.25, -0.2) is 4.79 Å². The van der Waals surface area contributed by atoms with Gasteiger partial charge in [0.15, 0.2) is 5.79 Å². The van der Waals surface area contributed by atoms with Gasteiger partial charge >= 0.3 is 6.03 Å². The van der Waals surface area contributed by atoms with Gasteiger partial charge in [-0.1, -0.05) is 12.2 Å². The predicted molar refractivity (Wildman–Crippen MR) is 70.4 cm³/mol. The van der Waals surface area contributed by atoms with Crippen LogP contribution in [0.3, 0.4) is 0 Å². The van der Waals surface area contributed by atoms with E-state index in [1.165, 1.54) is 0 Å². The number of likely N-dealkylation sites (N-methyl/N-ethyl adjacent to an activating group) is 1. The van der Waals surface area contributed by atoms with E-state index in [1.807, 2.05) is 20.8 Å². The monoisotopic (exact) mass is 256 g/mol. The zero-order valence-electron chi connectivity index (χ0n) is 11.6. The molecule has 1 N–H and O–H groups in total. The van der Waals surface area contributed by atoms with Crippen LogP contribution in [0.5, 0.6) is 0 Å². The smallest absolute Gasteiger partial charge is 0.317 e. The largest absolute Gasteiger partial charge is 0.348 e. The number of nitrogens with zero attached hydrogens (tertiary/aromatic N) is 1. The van der Waals surface area contributed by atoms with Gasteiger partial charge in [0, 0.05) is 26.1 Å². The summed E-state index contributed by atoms with van der Waals surface area (Å²) < 4.78 is 10.9. The second-order valence-electron chi connectivity index (χ2n) is 4.78. The molecule has 1 rings (SSSR count). The standard InChI is InChI=1S/C13H24N2O3/c1-5-15(10-11(2)3)12(16)14-7-6-13(4)17-8-9-18-13/h2,5-10H2,1,3-4H3,(H,14,16). The van der Waals surface area contributed by atoms with E-state index in [2.05, 4.69) is 11.9 Å². The third-order valence-electron chi connectivity index (χ3n) is 2.88. The van der Waals surface area contributed by atoms with E-state index in [9.17, 15) is 4.79 Å². The molecule has 0 atom stereocenters. The van der Waals surface area contributed by atoms with Crippen molar-refractivity contribution in [1.29, 1.82) is 0 Å². The van der Waals surface area contributed by atoms with Crippen LogP contribution in [0.1, 0.15) is 27.2 Å². The Balaban J connectivity index is 2.28. The van der Waals surface area contributed by atoms with Crippen molar-refractivity contribution >= 4 is 6.03 Å². The molecule has 0 radical (unpaired) electrons. The Hall–Kier alpha value is -1.07. The number of nitrogens with one attached hydrogen (secondary N) is 1. The van der Waals surface area contributed by atoms with E-state index >= 15 is 0 Å². The van der Waals surface area contributed by atoms with Crippen molar-refractivity contribution in [3.8, 4) is 0 Å². The van der Waals surface area contributed by atoms with Crippen molar-refractivity contribution in [3.63, 3.8) is 0 Å². The first-order valence-electron chi connectivity index (χ1n) is 6.42. The molecule has 0 aromatic carbocycles. The fourth-order valence-electron chi connectivity index (χ4n) is 1.86. The number of carbonyl (C=O) groups is 1. The zero-order valence-corrected chi connectivity index (χ0v) is 11.6. The number of ether oxygens (including phenoxy) is 2. The first-order valence-corrected chi connectivity index (χ1v) is 6.42. The molecule has 0 bridgehead atoms. The summed E-state index contributed by atoms with van der Waals surface area (Å²) >= 11 is 0. The Morgan fingerprint density at radius 1 is 1.44 bits per heavy atom. The van der Waals surface area contributed by atoms with Crippen molar-refractivity contribution in [3.05, 3.63) is 12.2 Å². The molecule has 0 aromatic rings. The normalized spacial score (nSPS) is 17.5. The van der Waals surface area contributed by atoms with Gasteiger partial charge in [-0.2, -0.15) is 0 Å². The van der Waals surface area contributed by atoms with E-state index < -0.39 is 5.79 Å². The molecule has 1 aliphatic rings. The maximum Gasteiger partial charge on any atom is 0.317 e. The van der Waals surface area contributed by atoms with Crippen molar-refractivity contribution in [2.45, 2.75) is 33.0 Å². The quantitative estimate of drug-likeness (QED) is 0.737. The summed E-state index contributed by atoms with van der Waals surface area (Å²) in [7, 11) is 0. The highest BCUT2D eigenvalue weighted by Gasteiger charge is 2.30. The maximum atomic E-state index is 11.9. The number of urea groups is 1. The van der Waals surface area contributed by atoms with E-state index in [4.69, 9.17) is 9.47 Å². The van der Waals surface area contributed by atoms with E-state index in [0.717, 1.165) is 5.57 Å². The summed E-state index contributed by atoms with van der Waals surface area (Å²) in [4.78, 5) is 13.6. The average molecular weight is 256 g/mol. The topological polar surface area (TPSA) is 50.8 Å². The molecule has 0 spiro atoms. The molecular formula is C13H24N2O3. The number of carbonyl (C=O) groups excluding carboxylic acids is 1. The molecule has 0 aromatic heterocycles. The molecule has 1 aliphatic heterocycles. The summed E-state index contributed by atoms with van der Waals surface area (Å²) in [6.45, 7) is 12.6. The van der Waals surface area contributed by atoms with Crippen LogP contribution < -0.4 is 5.32 Å². The highest BCUT2D eigenvalue weighted by molar-refractivity contribution is 5.74. The molecule has 5 heteroatoms. The number of hydrogen-bond acceptors (Lipinski definition) is 3. The van der Waals surface area contributed by atoms with Crippen molar-refractivity contribution < 1.29 is 14.3 Å². The third-order valence-corrected chi connectivity index (χ3v) is 2.88. The van der Waals surface area contributed by atoms with Crippen LogP contribution in [-0.4, -0.2) is 49.6 Å². The molecule has 18 heavy (non-hydrogen) atoms. The predicted octanol–water partition coefficient (Wildman–Crippen LogP) is 1.75. The number of hydrogen-bond donors (Lipinski definition) is 1. The Labute approximate surface area is 109 Å². The van der Waals surface area contributed by atoms with Crippen LogP contribution >= 0.6 is 0 Å². The highest BCUT2D eigenvalue weighted by atomic mass is 16.7. The zero-order chi connectivity index (χ0) is 13.6. The third kappa shape index (κ3) is 4.66. The van der Waals surface area contributed by atoms with E-state index in [-0.39, 0.29) is 6.03 Å². The Morgan fingerprint density at radius 2 is 2.06 bits per heavy atom. The van der Waals surface area contributed by atoms with Gasteiger partial charge in [0.1, 0.15) is 0 Å². The van der Waals surface area contributed by atoms with Gasteiger partial charge in [0.25, 0.3) is 0 Å². The van der Waals surface area contributed by atoms with Crippen LogP contribution in [0.15, 0.2) is 12.2 Å². The summed E-state index contributed by atoms with van der Waals surface area (Å²) in [5.74, 6) is -0.543. The summed E-state index contributed by atoms with van der Waals surface area (Å²) in [5, 5.41) is 2.88. The second kappa shape index (κ2) is 6.75. The van der Waals surface area contributed by atoms with Gasteiger partial charge in [-0.15, -0.1) is 0 Å². The van der Waals surface area contributed by atoms with Crippen LogP contribution in [0.25, 0.3) is 0 Å². The molecule has 2 amide bonds. The lowest BCUT2D eigenvalue weighted by Gasteiger charge is -2.24. The minimum absolute atomic E-state index is 0.0675. The van der Waals surface area contributed by atoms with Crippen molar-refractivity contribution in [1.82, 2.24) is 10.2 Å². The molecule has 0 unspecified atom stereocenters. The molecule has 0 aliphatic carbocycles. The van der Waals surface area contributed by atoms with Crippen LogP contribution in [0.2, 0.25) is 0 Å². The molecular weight excluding hydrogens is 232 g/mol. The Morgan fingerprint density at radius 3 is 2.56 bits per heavy atom. The van der Waals surface area contributed by atoms with E-state index in [1.54, 1.807) is 4.90 Å². The highest BCUT2D eigenvalue weighted by Crippen LogP contribution is 2.21. The lowest BCUT2D eigenvalue weighted by atomic mass is 10.2.